The number of allylic oxidation sites excluding steroid dienone is 2. The Labute approximate surface area is 153 Å². The average Bonchev–Trinajstić information content (AvgIpc) is 2.67. The fourth-order valence-electron chi connectivity index (χ4n) is 1.98. The summed E-state index contributed by atoms with van der Waals surface area (Å²) in [6.45, 7) is 10.9. The SMILES string of the molecule is C=N.C=NCC1=CCCC=C1.Cc1ccccc1.Cc1ccccc1. The highest BCUT2D eigenvalue weighted by Gasteiger charge is 1.92. The maximum atomic E-state index is 5.50. The summed E-state index contributed by atoms with van der Waals surface area (Å²) < 4.78 is 0. The first-order valence-electron chi connectivity index (χ1n) is 8.39. The molecule has 2 aromatic carbocycles. The van der Waals surface area contributed by atoms with Gasteiger partial charge in [0.25, 0.3) is 0 Å². The van der Waals surface area contributed by atoms with Crippen molar-refractivity contribution in [3.8, 4) is 0 Å². The Morgan fingerprint density at radius 2 is 1.32 bits per heavy atom. The fourth-order valence-corrected chi connectivity index (χ4v) is 1.98. The van der Waals surface area contributed by atoms with Crippen LogP contribution in [0.1, 0.15) is 24.0 Å². The van der Waals surface area contributed by atoms with Crippen molar-refractivity contribution < 1.29 is 0 Å². The van der Waals surface area contributed by atoms with Gasteiger partial charge in [-0.3, -0.25) is 4.99 Å². The molecule has 0 spiro atoms. The molecule has 0 bridgehead atoms. The monoisotopic (exact) mass is 334 g/mol. The number of hydrogen-bond acceptors (Lipinski definition) is 2. The van der Waals surface area contributed by atoms with Gasteiger partial charge in [-0.2, -0.15) is 0 Å². The maximum Gasteiger partial charge on any atom is 0.0629 e. The molecule has 0 radical (unpaired) electrons. The molecule has 0 amide bonds. The fraction of sp³-hybridized carbons (Fsp3) is 0.217. The summed E-state index contributed by atoms with van der Waals surface area (Å²) in [7, 11) is 0. The first-order valence-corrected chi connectivity index (χ1v) is 8.39. The van der Waals surface area contributed by atoms with E-state index in [9.17, 15) is 0 Å². The van der Waals surface area contributed by atoms with Crippen molar-refractivity contribution in [2.75, 3.05) is 6.54 Å². The Bertz CT molecular complexity index is 576. The van der Waals surface area contributed by atoms with Crippen molar-refractivity contribution in [3.63, 3.8) is 0 Å². The third-order valence-corrected chi connectivity index (χ3v) is 3.25. The zero-order valence-corrected chi connectivity index (χ0v) is 15.5. The van der Waals surface area contributed by atoms with Gasteiger partial charge in [0.15, 0.2) is 0 Å². The molecule has 25 heavy (non-hydrogen) atoms. The highest BCUT2D eigenvalue weighted by molar-refractivity contribution is 5.29. The third-order valence-electron chi connectivity index (χ3n) is 3.25. The maximum absolute atomic E-state index is 5.50. The predicted molar refractivity (Wildman–Crippen MR) is 113 cm³/mol. The quantitative estimate of drug-likeness (QED) is 0.633. The van der Waals surface area contributed by atoms with Crippen LogP contribution in [-0.4, -0.2) is 20.0 Å². The summed E-state index contributed by atoms with van der Waals surface area (Å²) in [5.41, 5.74) is 3.95. The van der Waals surface area contributed by atoms with E-state index in [0.717, 1.165) is 6.54 Å². The summed E-state index contributed by atoms with van der Waals surface area (Å²) in [6, 6.07) is 20.5. The van der Waals surface area contributed by atoms with E-state index in [1.54, 1.807) is 0 Å². The minimum Gasteiger partial charge on any atom is -0.317 e. The molecule has 0 saturated carbocycles. The molecule has 0 atom stereocenters. The van der Waals surface area contributed by atoms with Crippen molar-refractivity contribution >= 4 is 13.4 Å². The molecule has 1 aliphatic rings. The van der Waals surface area contributed by atoms with E-state index >= 15 is 0 Å². The normalized spacial score (nSPS) is 11.2. The molecule has 0 aliphatic heterocycles. The topological polar surface area (TPSA) is 36.2 Å². The molecule has 0 unspecified atom stereocenters. The lowest BCUT2D eigenvalue weighted by Gasteiger charge is -2.01. The van der Waals surface area contributed by atoms with Crippen LogP contribution in [0.2, 0.25) is 0 Å². The predicted octanol–water partition coefficient (Wildman–Crippen LogP) is 6.22. The number of nitrogens with one attached hydrogen (secondary N) is 1. The van der Waals surface area contributed by atoms with Crippen LogP contribution in [0.5, 0.6) is 0 Å². The van der Waals surface area contributed by atoms with Gasteiger partial charge in [-0.25, -0.2) is 0 Å². The van der Waals surface area contributed by atoms with Crippen LogP contribution in [0.15, 0.2) is 89.5 Å². The van der Waals surface area contributed by atoms with Gasteiger partial charge >= 0.3 is 0 Å². The minimum absolute atomic E-state index is 0.774. The number of rotatable bonds is 2. The van der Waals surface area contributed by atoms with Crippen molar-refractivity contribution in [3.05, 3.63) is 95.6 Å². The molecule has 0 aromatic heterocycles. The molecule has 0 fully saturated rings. The van der Waals surface area contributed by atoms with Gasteiger partial charge in [0, 0.05) is 0 Å². The Hall–Kier alpha value is -2.74. The number of aliphatic imine (C=N–C) groups is 1. The molecule has 0 heterocycles. The van der Waals surface area contributed by atoms with Crippen LogP contribution in [-0.2, 0) is 0 Å². The highest BCUT2D eigenvalue weighted by atomic mass is 14.7. The average molecular weight is 335 g/mol. The molecule has 0 saturated heterocycles. The van der Waals surface area contributed by atoms with E-state index in [1.165, 1.54) is 29.5 Å². The van der Waals surface area contributed by atoms with Crippen LogP contribution in [0.4, 0.5) is 0 Å². The summed E-state index contributed by atoms with van der Waals surface area (Å²) >= 11 is 0. The van der Waals surface area contributed by atoms with Crippen LogP contribution < -0.4 is 0 Å². The van der Waals surface area contributed by atoms with Crippen molar-refractivity contribution in [2.45, 2.75) is 26.7 Å². The first kappa shape index (κ1) is 22.3. The Kier molecular flexibility index (Phi) is 14.4. The zero-order valence-electron chi connectivity index (χ0n) is 15.5. The molecule has 2 heteroatoms. The van der Waals surface area contributed by atoms with Gasteiger partial charge in [0.2, 0.25) is 0 Å². The van der Waals surface area contributed by atoms with Crippen LogP contribution in [0.3, 0.4) is 0 Å². The van der Waals surface area contributed by atoms with Crippen LogP contribution >= 0.6 is 0 Å². The van der Waals surface area contributed by atoms with E-state index < -0.39 is 0 Å². The molecule has 3 rings (SSSR count). The van der Waals surface area contributed by atoms with E-state index in [0.29, 0.717) is 0 Å². The molecule has 2 aromatic rings. The summed E-state index contributed by atoms with van der Waals surface area (Å²) in [6.07, 6.45) is 8.87. The number of nitrogens with zero attached hydrogens (tertiary/aromatic N) is 1. The van der Waals surface area contributed by atoms with E-state index in [1.807, 2.05) is 36.4 Å². The van der Waals surface area contributed by atoms with Crippen molar-refractivity contribution in [2.24, 2.45) is 4.99 Å². The molecule has 1 aliphatic carbocycles. The van der Waals surface area contributed by atoms with Gasteiger partial charge in [0.1, 0.15) is 0 Å². The summed E-state index contributed by atoms with van der Waals surface area (Å²) in [4.78, 5) is 3.79. The second kappa shape index (κ2) is 16.1. The second-order valence-electron chi connectivity index (χ2n) is 5.45. The largest absolute Gasteiger partial charge is 0.317 e. The molecule has 132 valence electrons. The van der Waals surface area contributed by atoms with E-state index in [-0.39, 0.29) is 0 Å². The van der Waals surface area contributed by atoms with Gasteiger partial charge in [0.05, 0.1) is 6.54 Å². The molecule has 1 N–H and O–H groups in total. The van der Waals surface area contributed by atoms with Gasteiger partial charge in [-0.1, -0.05) is 90.0 Å². The van der Waals surface area contributed by atoms with Crippen LogP contribution in [0, 0.1) is 19.3 Å². The van der Waals surface area contributed by atoms with Crippen molar-refractivity contribution in [1.29, 1.82) is 5.41 Å². The van der Waals surface area contributed by atoms with Crippen LogP contribution in [0.25, 0.3) is 0 Å². The van der Waals surface area contributed by atoms with E-state index in [4.69, 9.17) is 5.41 Å². The summed E-state index contributed by atoms with van der Waals surface area (Å²) in [5.74, 6) is 0. The van der Waals surface area contributed by atoms with Crippen molar-refractivity contribution in [1.82, 2.24) is 0 Å². The first-order chi connectivity index (χ1) is 12.2. The van der Waals surface area contributed by atoms with Gasteiger partial charge < -0.3 is 5.41 Å². The lowest BCUT2D eigenvalue weighted by molar-refractivity contribution is 0.997. The Morgan fingerprint density at radius 3 is 1.60 bits per heavy atom. The minimum atomic E-state index is 0.774. The molecule has 2 nitrogen and oxygen atoms in total. The lowest BCUT2D eigenvalue weighted by Crippen LogP contribution is -1.87. The molecular weight excluding hydrogens is 304 g/mol. The molecular formula is C23H30N2. The number of aryl methyl sites for hydroxylation is 2. The Morgan fingerprint density at radius 1 is 0.840 bits per heavy atom. The highest BCUT2D eigenvalue weighted by Crippen LogP contribution is 2.08. The third kappa shape index (κ3) is 13.4. The number of hydrogen-bond donors (Lipinski definition) is 1. The smallest absolute Gasteiger partial charge is 0.0629 e. The standard InChI is InChI=1S/C8H11N.2C7H8.CH3N/c1-9-7-8-5-3-2-4-6-8;2*1-7-5-3-2-4-6-7;1-2/h3,5-6H,1-2,4,7H2;2*2-6H,1H3;2H,1H2. The lowest BCUT2D eigenvalue weighted by atomic mass is 10.1. The number of benzene rings is 2. The van der Waals surface area contributed by atoms with E-state index in [2.05, 4.69) is 74.8 Å². The zero-order chi connectivity index (χ0) is 18.8. The van der Waals surface area contributed by atoms with Gasteiger partial charge in [-0.15, -0.1) is 0 Å². The Balaban J connectivity index is 0.000000332. The second-order valence-corrected chi connectivity index (χ2v) is 5.45. The summed E-state index contributed by atoms with van der Waals surface area (Å²) in [5, 5.41) is 5.50. The van der Waals surface area contributed by atoms with Gasteiger partial charge in [-0.05, 0) is 45.7 Å².